The van der Waals surface area contributed by atoms with Gasteiger partial charge in [0.1, 0.15) is 5.69 Å². The third-order valence-electron chi connectivity index (χ3n) is 2.82. The van der Waals surface area contributed by atoms with E-state index in [0.29, 0.717) is 5.57 Å². The number of halogens is 2. The van der Waals surface area contributed by atoms with Crippen molar-refractivity contribution in [1.29, 1.82) is 0 Å². The molecule has 0 bridgehead atoms. The Kier molecular flexibility index (Phi) is 6.76. The summed E-state index contributed by atoms with van der Waals surface area (Å²) in [6.45, 7) is 9.49. The predicted octanol–water partition coefficient (Wildman–Crippen LogP) is 5.31. The number of rotatable bonds is 5. The third-order valence-corrected chi connectivity index (χ3v) is 3.00. The Morgan fingerprint density at radius 2 is 1.95 bits per heavy atom. The van der Waals surface area contributed by atoms with Crippen LogP contribution in [0.5, 0.6) is 0 Å². The fourth-order valence-corrected chi connectivity index (χ4v) is 1.94. The zero-order valence-corrected chi connectivity index (χ0v) is 13.2. The molecule has 1 heterocycles. The van der Waals surface area contributed by atoms with Gasteiger partial charge in [-0.15, -0.1) is 0 Å². The average Bonchev–Trinajstić information content (AvgIpc) is 2.49. The number of hydrogen-bond acceptors (Lipinski definition) is 2. The first-order valence-electron chi connectivity index (χ1n) is 6.55. The highest BCUT2D eigenvalue weighted by Gasteiger charge is 2.10. The van der Waals surface area contributed by atoms with Crippen molar-refractivity contribution in [2.45, 2.75) is 20.8 Å². The Labute approximate surface area is 130 Å². The molecular weight excluding hydrogens is 287 g/mol. The molecule has 2 nitrogen and oxygen atoms in total. The van der Waals surface area contributed by atoms with Crippen LogP contribution in [0.1, 0.15) is 26.5 Å². The summed E-state index contributed by atoms with van der Waals surface area (Å²) >= 11 is 5.75. The van der Waals surface area contributed by atoms with Crippen LogP contribution < -0.4 is 0 Å². The molecule has 0 atom stereocenters. The van der Waals surface area contributed by atoms with Crippen LogP contribution in [-0.2, 0) is 0 Å². The summed E-state index contributed by atoms with van der Waals surface area (Å²) in [6.07, 6.45) is 12.2. The summed E-state index contributed by atoms with van der Waals surface area (Å²) in [5.41, 5.74) is 2.66. The lowest BCUT2D eigenvalue weighted by molar-refractivity contribution is 0.609. The summed E-state index contributed by atoms with van der Waals surface area (Å²) in [4.78, 5) is 7.58. The molecule has 0 radical (unpaired) electrons. The molecule has 21 heavy (non-hydrogen) atoms. The molecule has 110 valence electrons. The van der Waals surface area contributed by atoms with Crippen molar-refractivity contribution in [3.63, 3.8) is 0 Å². The van der Waals surface area contributed by atoms with Gasteiger partial charge in [0.15, 0.2) is 5.82 Å². The maximum atomic E-state index is 13.9. The minimum Gasteiger partial charge on any atom is -0.223 e. The van der Waals surface area contributed by atoms with Crippen LogP contribution in [0.4, 0.5) is 4.39 Å². The van der Waals surface area contributed by atoms with Crippen LogP contribution in [0.15, 0.2) is 60.4 Å². The summed E-state index contributed by atoms with van der Waals surface area (Å²) in [5.74, 6) is -0.514. The van der Waals surface area contributed by atoms with Gasteiger partial charge in [0.25, 0.3) is 0 Å². The molecule has 0 unspecified atom stereocenters. The second kappa shape index (κ2) is 8.32. The first-order chi connectivity index (χ1) is 10.1. The Morgan fingerprint density at radius 3 is 2.48 bits per heavy atom. The molecule has 0 N–H and O–H groups in total. The van der Waals surface area contributed by atoms with Gasteiger partial charge in [-0.3, -0.25) is 0 Å². The van der Waals surface area contributed by atoms with Crippen LogP contribution in [0, 0.1) is 5.82 Å². The monoisotopic (exact) mass is 304 g/mol. The van der Waals surface area contributed by atoms with E-state index in [1.165, 1.54) is 0 Å². The maximum Gasteiger partial charge on any atom is 0.223 e. The second-order valence-electron chi connectivity index (χ2n) is 4.13. The van der Waals surface area contributed by atoms with Crippen LogP contribution in [0.3, 0.4) is 0 Å². The van der Waals surface area contributed by atoms with E-state index in [1.807, 2.05) is 45.1 Å². The van der Waals surface area contributed by atoms with Crippen LogP contribution in [0.2, 0.25) is 5.28 Å². The maximum absolute atomic E-state index is 13.9. The van der Waals surface area contributed by atoms with Crippen LogP contribution >= 0.6 is 11.6 Å². The van der Waals surface area contributed by atoms with E-state index >= 15 is 0 Å². The Hall–Kier alpha value is -2.00. The van der Waals surface area contributed by atoms with E-state index < -0.39 is 5.82 Å². The molecular formula is C17H18ClFN2. The topological polar surface area (TPSA) is 25.8 Å². The highest BCUT2D eigenvalue weighted by molar-refractivity contribution is 6.28. The first kappa shape index (κ1) is 17.1. The molecule has 1 rings (SSSR count). The van der Waals surface area contributed by atoms with Crippen molar-refractivity contribution in [3.05, 3.63) is 77.2 Å². The lowest BCUT2D eigenvalue weighted by Gasteiger charge is -2.07. The number of hydrogen-bond donors (Lipinski definition) is 0. The molecule has 0 fully saturated rings. The lowest BCUT2D eigenvalue weighted by atomic mass is 10.0. The van der Waals surface area contributed by atoms with Gasteiger partial charge in [0.05, 0.1) is 6.20 Å². The molecule has 1 aromatic heterocycles. The van der Waals surface area contributed by atoms with Gasteiger partial charge in [-0.2, -0.15) is 0 Å². The van der Waals surface area contributed by atoms with Crippen molar-refractivity contribution in [3.8, 4) is 0 Å². The highest BCUT2D eigenvalue weighted by Crippen LogP contribution is 2.23. The molecule has 0 saturated carbocycles. The van der Waals surface area contributed by atoms with Crippen LogP contribution in [0.25, 0.3) is 5.57 Å². The largest absolute Gasteiger partial charge is 0.223 e. The molecule has 0 aliphatic carbocycles. The molecule has 0 saturated heterocycles. The Bertz CT molecular complexity index is 640. The smallest absolute Gasteiger partial charge is 0.223 e. The molecule has 4 heteroatoms. The fraction of sp³-hybridized carbons (Fsp3) is 0.176. The predicted molar refractivity (Wildman–Crippen MR) is 87.5 cm³/mol. The quantitative estimate of drug-likeness (QED) is 0.544. The number of allylic oxidation sites excluding steroid dienone is 9. The Morgan fingerprint density at radius 1 is 1.24 bits per heavy atom. The fourth-order valence-electron chi connectivity index (χ4n) is 1.80. The summed E-state index contributed by atoms with van der Waals surface area (Å²) < 4.78 is 13.9. The van der Waals surface area contributed by atoms with Crippen molar-refractivity contribution in [2.24, 2.45) is 0 Å². The number of nitrogens with zero attached hydrogens (tertiary/aromatic N) is 2. The van der Waals surface area contributed by atoms with Gasteiger partial charge in [0, 0.05) is 0 Å². The standard InChI is InChI=1S/C17H18ClFN2/c1-5-9-12(6-2)13(7-3)10-14(8-4)16-15(19)11-20-17(18)21-16/h5-11H,3H2,1-2,4H3/b9-5-,12-6+,13-10+,14-8+. The molecule has 0 aromatic carbocycles. The van der Waals surface area contributed by atoms with Crippen molar-refractivity contribution in [2.75, 3.05) is 0 Å². The van der Waals surface area contributed by atoms with Gasteiger partial charge >= 0.3 is 0 Å². The Balaban J connectivity index is 3.36. The molecule has 0 amide bonds. The second-order valence-corrected chi connectivity index (χ2v) is 4.47. The van der Waals surface area contributed by atoms with Gasteiger partial charge in [-0.25, -0.2) is 14.4 Å². The number of aromatic nitrogens is 2. The minimum atomic E-state index is -0.514. The van der Waals surface area contributed by atoms with E-state index in [2.05, 4.69) is 16.5 Å². The van der Waals surface area contributed by atoms with Crippen molar-refractivity contribution in [1.82, 2.24) is 9.97 Å². The van der Waals surface area contributed by atoms with Crippen molar-refractivity contribution < 1.29 is 4.39 Å². The zero-order valence-electron chi connectivity index (χ0n) is 12.4. The zero-order chi connectivity index (χ0) is 15.8. The molecule has 0 aliphatic heterocycles. The normalized spacial score (nSPS) is 13.9. The summed E-state index contributed by atoms with van der Waals surface area (Å²) in [5, 5.41) is 0.0130. The lowest BCUT2D eigenvalue weighted by Crippen LogP contribution is -1.97. The summed E-state index contributed by atoms with van der Waals surface area (Å²) in [6, 6.07) is 0. The molecule has 0 spiro atoms. The summed E-state index contributed by atoms with van der Waals surface area (Å²) in [7, 11) is 0. The van der Waals surface area contributed by atoms with Gasteiger partial charge in [-0.05, 0) is 55.2 Å². The van der Waals surface area contributed by atoms with E-state index in [9.17, 15) is 4.39 Å². The van der Waals surface area contributed by atoms with Crippen molar-refractivity contribution >= 4 is 17.2 Å². The highest BCUT2D eigenvalue weighted by atomic mass is 35.5. The third kappa shape index (κ3) is 4.50. The van der Waals surface area contributed by atoms with E-state index in [-0.39, 0.29) is 11.0 Å². The van der Waals surface area contributed by atoms with E-state index in [4.69, 9.17) is 11.6 Å². The molecule has 1 aromatic rings. The average molecular weight is 305 g/mol. The van der Waals surface area contributed by atoms with E-state index in [0.717, 1.165) is 17.3 Å². The van der Waals surface area contributed by atoms with Gasteiger partial charge in [0.2, 0.25) is 5.28 Å². The molecule has 0 aliphatic rings. The van der Waals surface area contributed by atoms with Crippen LogP contribution in [-0.4, -0.2) is 9.97 Å². The minimum absolute atomic E-state index is 0.0130. The van der Waals surface area contributed by atoms with Gasteiger partial charge < -0.3 is 0 Å². The first-order valence-corrected chi connectivity index (χ1v) is 6.93. The van der Waals surface area contributed by atoms with Gasteiger partial charge in [-0.1, -0.05) is 37.0 Å². The SMILES string of the molecule is C=CC(=C\C(=C/C)c1nc(Cl)ncc1F)/C(/C=C\C)=C/C. The van der Waals surface area contributed by atoms with E-state index in [1.54, 1.807) is 12.2 Å².